The predicted octanol–water partition coefficient (Wildman–Crippen LogP) is 3.93. The highest BCUT2D eigenvalue weighted by atomic mass is 16.5. The summed E-state index contributed by atoms with van der Waals surface area (Å²) in [5.74, 6) is 1.23. The summed E-state index contributed by atoms with van der Waals surface area (Å²) in [6.45, 7) is 5.64. The molecule has 8 nitrogen and oxygen atoms in total. The number of rotatable bonds is 6. The Balaban J connectivity index is 1.40. The molecule has 3 heterocycles. The van der Waals surface area contributed by atoms with Crippen LogP contribution in [0, 0.1) is 13.8 Å². The van der Waals surface area contributed by atoms with Gasteiger partial charge in [0.1, 0.15) is 12.4 Å². The Bertz CT molecular complexity index is 1050. The van der Waals surface area contributed by atoms with Crippen LogP contribution < -0.4 is 20.7 Å². The van der Waals surface area contributed by atoms with E-state index in [1.807, 2.05) is 38.1 Å². The Morgan fingerprint density at radius 2 is 2.06 bits per heavy atom. The van der Waals surface area contributed by atoms with Crippen molar-refractivity contribution in [3.63, 3.8) is 0 Å². The van der Waals surface area contributed by atoms with Crippen LogP contribution in [0.5, 0.6) is 5.75 Å². The molecule has 8 heteroatoms. The maximum atomic E-state index is 12.3. The Kier molecular flexibility index (Phi) is 6.37. The molecule has 160 valence electrons. The summed E-state index contributed by atoms with van der Waals surface area (Å²) in [6, 6.07) is 9.57. The number of aromatic nitrogens is 3. The predicted molar refractivity (Wildman–Crippen MR) is 120 cm³/mol. The normalized spacial score (nSPS) is 15.5. The van der Waals surface area contributed by atoms with E-state index >= 15 is 0 Å². The number of amides is 2. The van der Waals surface area contributed by atoms with Crippen LogP contribution in [0.2, 0.25) is 0 Å². The number of hydrogen-bond acceptors (Lipinski definition) is 6. The molecule has 3 aromatic rings. The highest BCUT2D eigenvalue weighted by molar-refractivity contribution is 5.99. The highest BCUT2D eigenvalue weighted by Crippen LogP contribution is 2.26. The lowest BCUT2D eigenvalue weighted by Gasteiger charge is -2.14. The smallest absolute Gasteiger partial charge is 0.324 e. The second-order valence-electron chi connectivity index (χ2n) is 7.64. The van der Waals surface area contributed by atoms with Gasteiger partial charge in [-0.05, 0) is 69.1 Å². The molecule has 0 spiro atoms. The van der Waals surface area contributed by atoms with Crippen molar-refractivity contribution >= 4 is 17.5 Å². The zero-order valence-electron chi connectivity index (χ0n) is 17.7. The molecular formula is C23H26N6O2. The fourth-order valence-corrected chi connectivity index (χ4v) is 3.45. The minimum absolute atomic E-state index is 0.361. The zero-order valence-corrected chi connectivity index (χ0v) is 17.7. The number of anilines is 2. The maximum Gasteiger partial charge on any atom is 0.324 e. The van der Waals surface area contributed by atoms with Crippen LogP contribution in [0.4, 0.5) is 16.3 Å². The lowest BCUT2D eigenvalue weighted by Crippen LogP contribution is -2.28. The molecule has 0 aliphatic carbocycles. The summed E-state index contributed by atoms with van der Waals surface area (Å²) in [6.07, 6.45) is 7.14. The Labute approximate surface area is 181 Å². The third-order valence-corrected chi connectivity index (χ3v) is 5.12. The van der Waals surface area contributed by atoms with E-state index < -0.39 is 6.03 Å². The number of carbonyl (C=O) groups excluding carboxylic acids is 1. The summed E-state index contributed by atoms with van der Waals surface area (Å²) in [4.78, 5) is 25.1. The van der Waals surface area contributed by atoms with Crippen molar-refractivity contribution in [2.45, 2.75) is 32.7 Å². The van der Waals surface area contributed by atoms with Crippen molar-refractivity contribution in [3.8, 4) is 17.0 Å². The van der Waals surface area contributed by atoms with Gasteiger partial charge >= 0.3 is 6.03 Å². The minimum Gasteiger partial charge on any atom is -0.492 e. The van der Waals surface area contributed by atoms with Crippen molar-refractivity contribution in [2.75, 3.05) is 23.8 Å². The molecule has 1 saturated heterocycles. The first-order valence-electron chi connectivity index (χ1n) is 10.4. The first-order valence-corrected chi connectivity index (χ1v) is 10.4. The molecule has 2 aromatic heterocycles. The van der Waals surface area contributed by atoms with E-state index in [9.17, 15) is 4.79 Å². The van der Waals surface area contributed by atoms with Gasteiger partial charge in [-0.2, -0.15) is 0 Å². The largest absolute Gasteiger partial charge is 0.492 e. The number of nitrogens with one attached hydrogen (secondary N) is 3. The van der Waals surface area contributed by atoms with E-state index in [0.717, 1.165) is 35.5 Å². The quantitative estimate of drug-likeness (QED) is 0.561. The van der Waals surface area contributed by atoms with Crippen LogP contribution in [0.15, 0.2) is 48.9 Å². The molecule has 1 atom stereocenters. The Hall–Kier alpha value is -3.52. The van der Waals surface area contributed by atoms with Gasteiger partial charge in [-0.1, -0.05) is 0 Å². The Morgan fingerprint density at radius 1 is 1.16 bits per heavy atom. The zero-order chi connectivity index (χ0) is 21.6. The van der Waals surface area contributed by atoms with Gasteiger partial charge in [0.25, 0.3) is 0 Å². The molecule has 1 fully saturated rings. The van der Waals surface area contributed by atoms with Gasteiger partial charge in [0.15, 0.2) is 5.82 Å². The number of urea groups is 1. The lowest BCUT2D eigenvalue weighted by atomic mass is 10.1. The monoisotopic (exact) mass is 418 g/mol. The summed E-state index contributed by atoms with van der Waals surface area (Å²) in [5, 5.41) is 8.87. The molecule has 0 radical (unpaired) electrons. The second kappa shape index (κ2) is 9.53. The van der Waals surface area contributed by atoms with Crippen LogP contribution in [0.3, 0.4) is 0 Å². The average Bonchev–Trinajstić information content (AvgIpc) is 3.28. The number of ether oxygens (including phenoxy) is 1. The summed E-state index contributed by atoms with van der Waals surface area (Å²) in [7, 11) is 0. The van der Waals surface area contributed by atoms with E-state index in [2.05, 4.69) is 30.9 Å². The molecule has 3 N–H and O–H groups in total. The lowest BCUT2D eigenvalue weighted by molar-refractivity contribution is 0.262. The fourth-order valence-electron chi connectivity index (χ4n) is 3.45. The summed E-state index contributed by atoms with van der Waals surface area (Å²) in [5.41, 5.74) is 4.09. The van der Waals surface area contributed by atoms with Crippen LogP contribution in [-0.4, -0.2) is 40.2 Å². The van der Waals surface area contributed by atoms with Crippen LogP contribution in [0.25, 0.3) is 11.3 Å². The van der Waals surface area contributed by atoms with Crippen molar-refractivity contribution in [1.82, 2.24) is 20.3 Å². The third kappa shape index (κ3) is 5.55. The molecular weight excluding hydrogens is 392 g/mol. The average molecular weight is 419 g/mol. The van der Waals surface area contributed by atoms with Crippen molar-refractivity contribution in [1.29, 1.82) is 0 Å². The van der Waals surface area contributed by atoms with Gasteiger partial charge in [0.05, 0.1) is 30.0 Å². The minimum atomic E-state index is -0.405. The van der Waals surface area contributed by atoms with Crippen molar-refractivity contribution in [3.05, 3.63) is 60.2 Å². The standard InChI is InChI=1S/C23H26N6O2/c1-15-10-17(6-8-21(15)31-14-19-4-3-9-25-19)20-12-24-13-22(28-20)29-23(30)27-18-7-5-16(2)26-11-18/h5-8,10-13,19,25H,3-4,9,14H2,1-2H3,(H2,27,28,29,30)/t19-/m1/s1. The SMILES string of the molecule is Cc1ccc(NC(=O)Nc2cncc(-c3ccc(OC[C@H]4CCCN4)c(C)c3)n2)cn1. The first-order chi connectivity index (χ1) is 15.1. The van der Waals surface area contributed by atoms with E-state index in [4.69, 9.17) is 4.74 Å². The molecule has 0 unspecified atom stereocenters. The molecule has 31 heavy (non-hydrogen) atoms. The molecule has 1 aliphatic rings. The van der Waals surface area contributed by atoms with Gasteiger partial charge in [-0.15, -0.1) is 0 Å². The van der Waals surface area contributed by atoms with Crippen LogP contribution in [-0.2, 0) is 0 Å². The summed E-state index contributed by atoms with van der Waals surface area (Å²) < 4.78 is 5.98. The number of carbonyl (C=O) groups is 1. The molecule has 4 rings (SSSR count). The van der Waals surface area contributed by atoms with Crippen LogP contribution in [0.1, 0.15) is 24.1 Å². The van der Waals surface area contributed by atoms with Crippen LogP contribution >= 0.6 is 0 Å². The second-order valence-corrected chi connectivity index (χ2v) is 7.64. The van der Waals surface area contributed by atoms with Crippen molar-refractivity contribution < 1.29 is 9.53 Å². The van der Waals surface area contributed by atoms with Crippen molar-refractivity contribution in [2.24, 2.45) is 0 Å². The molecule has 1 aliphatic heterocycles. The van der Waals surface area contributed by atoms with Gasteiger partial charge in [0.2, 0.25) is 0 Å². The van der Waals surface area contributed by atoms with E-state index in [1.54, 1.807) is 18.5 Å². The van der Waals surface area contributed by atoms with E-state index in [-0.39, 0.29) is 0 Å². The van der Waals surface area contributed by atoms with Gasteiger partial charge in [-0.3, -0.25) is 15.3 Å². The van der Waals surface area contributed by atoms with E-state index in [0.29, 0.717) is 29.8 Å². The van der Waals surface area contributed by atoms with Gasteiger partial charge < -0.3 is 15.4 Å². The number of nitrogens with zero attached hydrogens (tertiary/aromatic N) is 3. The number of hydrogen-bond donors (Lipinski definition) is 3. The van der Waals surface area contributed by atoms with E-state index in [1.165, 1.54) is 12.6 Å². The first kappa shape index (κ1) is 20.7. The maximum absolute atomic E-state index is 12.3. The molecule has 0 bridgehead atoms. The number of benzene rings is 1. The highest BCUT2D eigenvalue weighted by Gasteiger charge is 2.15. The third-order valence-electron chi connectivity index (χ3n) is 5.12. The fraction of sp³-hybridized carbons (Fsp3) is 0.304. The Morgan fingerprint density at radius 3 is 2.81 bits per heavy atom. The topological polar surface area (TPSA) is 101 Å². The number of aryl methyl sites for hydroxylation is 2. The summed E-state index contributed by atoms with van der Waals surface area (Å²) >= 11 is 0. The molecule has 2 amide bonds. The molecule has 0 saturated carbocycles. The van der Waals surface area contributed by atoms with Gasteiger partial charge in [-0.25, -0.2) is 9.78 Å². The van der Waals surface area contributed by atoms with Gasteiger partial charge in [0, 0.05) is 17.3 Å². The number of pyridine rings is 1. The molecule has 1 aromatic carbocycles.